The number of nitrogens with zero attached hydrogens (tertiary/aromatic N) is 1. The minimum atomic E-state index is -0.891. The molecule has 4 aliphatic carbocycles. The first-order chi connectivity index (χ1) is 19.6. The SMILES string of the molecule is CCN1[C@@H](C(=O)NC23CCC(C)(CC2)CC3)[C@H](c2cccc(Cl)c2F)c2ccc(Cl)cc2NC(=O)C12CCCCC2. The highest BCUT2D eigenvalue weighted by Gasteiger charge is 2.54. The molecule has 2 bridgehead atoms. The van der Waals surface area contributed by atoms with E-state index in [0.717, 1.165) is 57.8 Å². The van der Waals surface area contributed by atoms with Crippen LogP contribution in [0.5, 0.6) is 0 Å². The number of fused-ring (bicyclic) bond motifs is 4. The highest BCUT2D eigenvalue weighted by atomic mass is 35.5. The Hall–Kier alpha value is -2.15. The van der Waals surface area contributed by atoms with Gasteiger partial charge < -0.3 is 10.6 Å². The number of hydrogen-bond acceptors (Lipinski definition) is 3. The third-order valence-electron chi connectivity index (χ3n) is 10.8. The number of halogens is 3. The van der Waals surface area contributed by atoms with E-state index in [0.29, 0.717) is 46.6 Å². The van der Waals surface area contributed by atoms with E-state index in [1.807, 2.05) is 13.0 Å². The highest BCUT2D eigenvalue weighted by molar-refractivity contribution is 6.31. The van der Waals surface area contributed by atoms with Crippen molar-refractivity contribution in [3.8, 4) is 0 Å². The Labute approximate surface area is 252 Å². The average molecular weight is 601 g/mol. The molecule has 0 saturated heterocycles. The lowest BCUT2D eigenvalue weighted by atomic mass is 9.58. The lowest BCUT2D eigenvalue weighted by Gasteiger charge is -2.54. The fourth-order valence-electron chi connectivity index (χ4n) is 8.33. The lowest BCUT2D eigenvalue weighted by molar-refractivity contribution is -0.142. The van der Waals surface area contributed by atoms with Crippen LogP contribution in [0.4, 0.5) is 10.1 Å². The molecule has 0 radical (unpaired) electrons. The van der Waals surface area contributed by atoms with Crippen LogP contribution in [0.15, 0.2) is 36.4 Å². The van der Waals surface area contributed by atoms with E-state index in [9.17, 15) is 9.59 Å². The summed E-state index contributed by atoms with van der Waals surface area (Å²) in [7, 11) is 0. The molecular formula is C33H40Cl2FN3O2. The minimum absolute atomic E-state index is 0.0103. The van der Waals surface area contributed by atoms with E-state index in [4.69, 9.17) is 23.2 Å². The molecule has 4 saturated carbocycles. The van der Waals surface area contributed by atoms with Crippen molar-refractivity contribution in [2.75, 3.05) is 11.9 Å². The standard InChI is InChI=1S/C33H40Cl2FN3O2/c1-3-39-28(29(40)38-32-17-14-31(2,15-18-32)16-19-32)26(23-8-7-9-24(35)27(23)36)22-11-10-21(34)20-25(22)37-30(41)33(39)12-5-4-6-13-33/h7-11,20,26,28H,3-6,12-19H2,1-2H3,(H,37,41)(H,38,40)/t26-,28+,31?,32?/m0/s1. The second kappa shape index (κ2) is 10.8. The van der Waals surface area contributed by atoms with Gasteiger partial charge in [0.25, 0.3) is 0 Å². The van der Waals surface area contributed by atoms with Crippen molar-refractivity contribution in [3.63, 3.8) is 0 Å². The molecule has 1 heterocycles. The number of likely N-dealkylation sites (N-methyl/N-ethyl adjacent to an activating group) is 1. The summed E-state index contributed by atoms with van der Waals surface area (Å²) < 4.78 is 16.0. The van der Waals surface area contributed by atoms with Crippen molar-refractivity contribution < 1.29 is 14.0 Å². The van der Waals surface area contributed by atoms with E-state index in [1.165, 1.54) is 6.07 Å². The normalized spacial score (nSPS) is 31.2. The molecule has 1 spiro atoms. The van der Waals surface area contributed by atoms with Gasteiger partial charge in [-0.1, -0.05) is 74.5 Å². The van der Waals surface area contributed by atoms with Crippen LogP contribution in [0, 0.1) is 11.2 Å². The second-order valence-electron chi connectivity index (χ2n) is 13.2. The van der Waals surface area contributed by atoms with Crippen LogP contribution in [0.25, 0.3) is 0 Å². The summed E-state index contributed by atoms with van der Waals surface area (Å²) in [5.74, 6) is -1.51. The van der Waals surface area contributed by atoms with Crippen LogP contribution in [0.2, 0.25) is 10.0 Å². The van der Waals surface area contributed by atoms with E-state index in [2.05, 4.69) is 22.5 Å². The van der Waals surface area contributed by atoms with Crippen LogP contribution in [0.3, 0.4) is 0 Å². The lowest BCUT2D eigenvalue weighted by Crippen LogP contribution is -2.68. The predicted molar refractivity (Wildman–Crippen MR) is 162 cm³/mol. The van der Waals surface area contributed by atoms with E-state index in [1.54, 1.807) is 24.3 Å². The molecule has 2 aromatic rings. The smallest absolute Gasteiger partial charge is 0.244 e. The Bertz CT molecular complexity index is 1330. The number of carbonyl (C=O) groups excluding carboxylic acids is 2. The quantitative estimate of drug-likeness (QED) is 0.376. The second-order valence-corrected chi connectivity index (χ2v) is 14.1. The van der Waals surface area contributed by atoms with Gasteiger partial charge >= 0.3 is 0 Å². The van der Waals surface area contributed by atoms with Gasteiger partial charge in [0.15, 0.2) is 0 Å². The molecule has 0 unspecified atom stereocenters. The van der Waals surface area contributed by atoms with Gasteiger partial charge in [-0.15, -0.1) is 0 Å². The van der Waals surface area contributed by atoms with Crippen LogP contribution < -0.4 is 10.6 Å². The zero-order chi connectivity index (χ0) is 29.0. The summed E-state index contributed by atoms with van der Waals surface area (Å²) in [6.07, 6.45) is 10.2. The van der Waals surface area contributed by atoms with Crippen molar-refractivity contribution in [1.82, 2.24) is 10.2 Å². The van der Waals surface area contributed by atoms with Crippen LogP contribution >= 0.6 is 23.2 Å². The molecule has 8 heteroatoms. The number of rotatable bonds is 4. The van der Waals surface area contributed by atoms with Gasteiger partial charge in [-0.25, -0.2) is 4.39 Å². The molecule has 2 N–H and O–H groups in total. The fourth-order valence-corrected chi connectivity index (χ4v) is 8.68. The van der Waals surface area contributed by atoms with Crippen LogP contribution in [-0.2, 0) is 9.59 Å². The van der Waals surface area contributed by atoms with Crippen molar-refractivity contribution in [2.24, 2.45) is 5.41 Å². The van der Waals surface area contributed by atoms with Gasteiger partial charge in [-0.3, -0.25) is 14.5 Å². The summed E-state index contributed by atoms with van der Waals surface area (Å²) >= 11 is 12.8. The van der Waals surface area contributed by atoms with Gasteiger partial charge in [0.1, 0.15) is 17.4 Å². The minimum Gasteiger partial charge on any atom is -0.349 e. The summed E-state index contributed by atoms with van der Waals surface area (Å²) in [6, 6.07) is 9.45. The van der Waals surface area contributed by atoms with Crippen molar-refractivity contribution in [2.45, 2.75) is 108 Å². The largest absolute Gasteiger partial charge is 0.349 e. The van der Waals surface area contributed by atoms with Gasteiger partial charge in [0, 0.05) is 22.2 Å². The van der Waals surface area contributed by atoms with Crippen LogP contribution in [0.1, 0.15) is 102 Å². The number of hydrogen-bond donors (Lipinski definition) is 2. The molecule has 5 nitrogen and oxygen atoms in total. The Morgan fingerprint density at radius 1 is 1.00 bits per heavy atom. The average Bonchev–Trinajstić information content (AvgIpc) is 2.96. The van der Waals surface area contributed by atoms with E-state index < -0.39 is 23.3 Å². The Kier molecular flexibility index (Phi) is 7.65. The number of anilines is 1. The molecule has 0 aromatic heterocycles. The maximum absolute atomic E-state index is 16.0. The maximum atomic E-state index is 16.0. The summed E-state index contributed by atoms with van der Waals surface area (Å²) in [6.45, 7) is 4.83. The molecule has 5 aliphatic rings. The number of carbonyl (C=O) groups is 2. The molecular weight excluding hydrogens is 560 g/mol. The Balaban J connectivity index is 1.55. The first-order valence-electron chi connectivity index (χ1n) is 15.2. The molecule has 1 aliphatic heterocycles. The number of benzene rings is 2. The van der Waals surface area contributed by atoms with Gasteiger partial charge in [0.05, 0.1) is 5.02 Å². The fraction of sp³-hybridized carbons (Fsp3) is 0.576. The number of amides is 2. The van der Waals surface area contributed by atoms with Crippen molar-refractivity contribution in [3.05, 3.63) is 63.4 Å². The Morgan fingerprint density at radius 3 is 2.34 bits per heavy atom. The van der Waals surface area contributed by atoms with E-state index >= 15 is 4.39 Å². The molecule has 4 fully saturated rings. The molecule has 2 atom stereocenters. The summed E-state index contributed by atoms with van der Waals surface area (Å²) in [5, 5.41) is 7.19. The predicted octanol–water partition coefficient (Wildman–Crippen LogP) is 7.84. The highest BCUT2D eigenvalue weighted by Crippen LogP contribution is 2.53. The van der Waals surface area contributed by atoms with Crippen molar-refractivity contribution >= 4 is 40.7 Å². The van der Waals surface area contributed by atoms with Gasteiger partial charge in [0.2, 0.25) is 11.8 Å². The Morgan fingerprint density at radius 2 is 1.68 bits per heavy atom. The van der Waals surface area contributed by atoms with E-state index in [-0.39, 0.29) is 22.4 Å². The molecule has 7 rings (SSSR count). The first-order valence-corrected chi connectivity index (χ1v) is 16.0. The zero-order valence-electron chi connectivity index (χ0n) is 24.0. The molecule has 41 heavy (non-hydrogen) atoms. The number of nitrogens with one attached hydrogen (secondary N) is 2. The first kappa shape index (κ1) is 28.9. The van der Waals surface area contributed by atoms with Gasteiger partial charge in [-0.2, -0.15) is 0 Å². The van der Waals surface area contributed by atoms with Gasteiger partial charge in [-0.05, 0) is 92.7 Å². The monoisotopic (exact) mass is 599 g/mol. The molecule has 2 amide bonds. The summed E-state index contributed by atoms with van der Waals surface area (Å²) in [4.78, 5) is 31.2. The zero-order valence-corrected chi connectivity index (χ0v) is 25.5. The topological polar surface area (TPSA) is 61.4 Å². The summed E-state index contributed by atoms with van der Waals surface area (Å²) in [5.41, 5.74) is 0.729. The maximum Gasteiger partial charge on any atom is 0.244 e. The third-order valence-corrected chi connectivity index (χ3v) is 11.4. The van der Waals surface area contributed by atoms with Crippen molar-refractivity contribution in [1.29, 1.82) is 0 Å². The van der Waals surface area contributed by atoms with Crippen LogP contribution in [-0.4, -0.2) is 40.4 Å². The molecule has 2 aromatic carbocycles. The third kappa shape index (κ3) is 4.98. The molecule has 220 valence electrons.